The first-order valence-electron chi connectivity index (χ1n) is 6.89. The van der Waals surface area contributed by atoms with Gasteiger partial charge in [-0.05, 0) is 35.0 Å². The lowest BCUT2D eigenvalue weighted by molar-refractivity contribution is 0.538. The van der Waals surface area contributed by atoms with Gasteiger partial charge in [0.15, 0.2) is 0 Å². The second-order valence-corrected chi connectivity index (χ2v) is 6.11. The van der Waals surface area contributed by atoms with Gasteiger partial charge >= 0.3 is 0 Å². The van der Waals surface area contributed by atoms with Crippen molar-refractivity contribution in [2.75, 3.05) is 0 Å². The number of hydrogen-bond donors (Lipinski definition) is 1. The van der Waals surface area contributed by atoms with Crippen molar-refractivity contribution in [3.63, 3.8) is 0 Å². The highest BCUT2D eigenvalue weighted by Crippen LogP contribution is 2.21. The number of fused-ring (bicyclic) bond motifs is 1. The summed E-state index contributed by atoms with van der Waals surface area (Å²) in [4.78, 5) is 4.40. The van der Waals surface area contributed by atoms with Gasteiger partial charge in [0.1, 0.15) is 0 Å². The molecule has 1 unspecified atom stereocenters. The molecule has 0 aliphatic heterocycles. The number of rotatable bonds is 4. The van der Waals surface area contributed by atoms with Gasteiger partial charge in [-0.15, -0.1) is 0 Å². The molecule has 1 atom stereocenters. The molecule has 0 aliphatic carbocycles. The fraction of sp³-hybridized carbons (Fsp3) is 0.333. The zero-order valence-corrected chi connectivity index (χ0v) is 13.7. The summed E-state index contributed by atoms with van der Waals surface area (Å²) < 4.78 is 5.05. The second-order valence-electron chi connectivity index (χ2n) is 5.32. The summed E-state index contributed by atoms with van der Waals surface area (Å²) in [5, 5.41) is 4.41. The van der Waals surface area contributed by atoms with Gasteiger partial charge in [-0.1, -0.05) is 12.1 Å². The lowest BCUT2D eigenvalue weighted by Crippen LogP contribution is -2.29. The van der Waals surface area contributed by atoms with E-state index in [0.29, 0.717) is 0 Å². The van der Waals surface area contributed by atoms with E-state index in [2.05, 4.69) is 36.6 Å². The number of hydrogen-bond acceptors (Lipinski definition) is 3. The van der Waals surface area contributed by atoms with E-state index < -0.39 is 0 Å². The average molecular weight is 348 g/mol. The van der Waals surface area contributed by atoms with Crippen LogP contribution in [0.5, 0.6) is 0 Å². The van der Waals surface area contributed by atoms with Crippen molar-refractivity contribution in [1.29, 1.82) is 0 Å². The summed E-state index contributed by atoms with van der Waals surface area (Å²) in [7, 11) is 1.95. The Morgan fingerprint density at radius 3 is 2.81 bits per heavy atom. The van der Waals surface area contributed by atoms with E-state index in [1.165, 1.54) is 0 Å². The van der Waals surface area contributed by atoms with Crippen molar-refractivity contribution in [2.24, 2.45) is 12.8 Å². The van der Waals surface area contributed by atoms with Crippen molar-refractivity contribution in [1.82, 2.24) is 19.3 Å². The fourth-order valence-electron chi connectivity index (χ4n) is 2.62. The summed E-state index contributed by atoms with van der Waals surface area (Å²) in [6.07, 6.45) is 2.62. The van der Waals surface area contributed by atoms with Crippen LogP contribution in [0.25, 0.3) is 11.0 Å². The van der Waals surface area contributed by atoms with Crippen LogP contribution in [0.4, 0.5) is 0 Å². The highest BCUT2D eigenvalue weighted by molar-refractivity contribution is 9.10. The lowest BCUT2D eigenvalue weighted by Gasteiger charge is -2.13. The normalized spacial score (nSPS) is 13.0. The highest BCUT2D eigenvalue weighted by Gasteiger charge is 2.15. The van der Waals surface area contributed by atoms with E-state index in [9.17, 15) is 0 Å². The minimum Gasteiger partial charge on any atom is -0.329 e. The lowest BCUT2D eigenvalue weighted by atomic mass is 10.1. The maximum atomic E-state index is 6.32. The zero-order valence-electron chi connectivity index (χ0n) is 12.1. The highest BCUT2D eigenvalue weighted by atomic mass is 79.9. The van der Waals surface area contributed by atoms with Gasteiger partial charge in [0.05, 0.1) is 33.2 Å². The first kappa shape index (κ1) is 14.3. The van der Waals surface area contributed by atoms with Gasteiger partial charge in [0.25, 0.3) is 0 Å². The molecule has 0 spiro atoms. The van der Waals surface area contributed by atoms with Crippen LogP contribution in [0.2, 0.25) is 0 Å². The number of nitrogens with two attached hydrogens (primary N) is 1. The summed E-state index contributed by atoms with van der Waals surface area (Å²) in [6, 6.07) is 8.11. The number of para-hydroxylation sites is 2. The molecule has 0 saturated heterocycles. The molecule has 6 heteroatoms. The van der Waals surface area contributed by atoms with Crippen LogP contribution in [-0.4, -0.2) is 25.4 Å². The first-order chi connectivity index (χ1) is 10.1. The molecular formula is C15H18BrN5. The topological polar surface area (TPSA) is 61.7 Å². The van der Waals surface area contributed by atoms with Crippen molar-refractivity contribution < 1.29 is 0 Å². The van der Waals surface area contributed by atoms with Gasteiger partial charge in [-0.2, -0.15) is 5.10 Å². The van der Waals surface area contributed by atoms with Crippen LogP contribution >= 0.6 is 15.9 Å². The second kappa shape index (κ2) is 5.61. The maximum Gasteiger partial charge on any atom is 0.0958 e. The molecule has 110 valence electrons. The molecule has 21 heavy (non-hydrogen) atoms. The Bertz CT molecular complexity index is 774. The van der Waals surface area contributed by atoms with Gasteiger partial charge in [-0.3, -0.25) is 4.68 Å². The largest absolute Gasteiger partial charge is 0.329 e. The van der Waals surface area contributed by atoms with E-state index in [1.54, 1.807) is 0 Å². The first-order valence-corrected chi connectivity index (χ1v) is 7.69. The van der Waals surface area contributed by atoms with Crippen LogP contribution in [-0.2, 0) is 20.0 Å². The van der Waals surface area contributed by atoms with E-state index in [0.717, 1.165) is 39.9 Å². The Hall–Kier alpha value is -1.66. The molecule has 0 saturated carbocycles. The number of halogens is 1. The standard InChI is InChI=1S/C15H18BrN5/c1-10-15(16)14(20(2)19-10)7-11(17)8-21-9-18-12-5-3-4-6-13(12)21/h3-6,9,11H,7-8,17H2,1-2H3. The van der Waals surface area contributed by atoms with Crippen LogP contribution in [0.1, 0.15) is 11.4 Å². The predicted molar refractivity (Wildman–Crippen MR) is 87.1 cm³/mol. The van der Waals surface area contributed by atoms with Crippen LogP contribution < -0.4 is 5.73 Å². The number of nitrogens with zero attached hydrogens (tertiary/aromatic N) is 4. The number of aromatic nitrogens is 4. The molecule has 0 amide bonds. The van der Waals surface area contributed by atoms with Crippen molar-refractivity contribution in [2.45, 2.75) is 25.9 Å². The minimum absolute atomic E-state index is 0.00806. The molecule has 3 rings (SSSR count). The molecule has 3 aromatic rings. The molecule has 5 nitrogen and oxygen atoms in total. The molecule has 0 aliphatic rings. The number of imidazole rings is 1. The Morgan fingerprint density at radius 2 is 2.10 bits per heavy atom. The van der Waals surface area contributed by atoms with Crippen LogP contribution in [0.3, 0.4) is 0 Å². The quantitative estimate of drug-likeness (QED) is 0.788. The summed E-state index contributed by atoms with van der Waals surface area (Å²) in [6.45, 7) is 2.72. The van der Waals surface area contributed by atoms with Gasteiger partial charge in [0, 0.05) is 26.1 Å². The van der Waals surface area contributed by atoms with Crippen molar-refractivity contribution in [3.8, 4) is 0 Å². The zero-order chi connectivity index (χ0) is 15.0. The van der Waals surface area contributed by atoms with Crippen molar-refractivity contribution >= 4 is 27.0 Å². The molecule has 0 radical (unpaired) electrons. The fourth-order valence-corrected chi connectivity index (χ4v) is 3.12. The summed E-state index contributed by atoms with van der Waals surface area (Å²) in [5.74, 6) is 0. The van der Waals surface area contributed by atoms with E-state index in [4.69, 9.17) is 5.73 Å². The summed E-state index contributed by atoms with van der Waals surface area (Å²) in [5.41, 5.74) is 10.6. The van der Waals surface area contributed by atoms with E-state index in [1.807, 2.05) is 43.2 Å². The third kappa shape index (κ3) is 2.73. The monoisotopic (exact) mass is 347 g/mol. The Morgan fingerprint density at radius 1 is 1.33 bits per heavy atom. The number of aryl methyl sites for hydroxylation is 2. The minimum atomic E-state index is 0.00806. The van der Waals surface area contributed by atoms with Crippen molar-refractivity contribution in [3.05, 3.63) is 46.5 Å². The van der Waals surface area contributed by atoms with Gasteiger partial charge in [0.2, 0.25) is 0 Å². The SMILES string of the molecule is Cc1nn(C)c(CC(N)Cn2cnc3ccccc32)c1Br. The third-order valence-corrected chi connectivity index (χ3v) is 4.71. The predicted octanol–water partition coefficient (Wildman–Crippen LogP) is 2.41. The average Bonchev–Trinajstić information content (AvgIpc) is 2.96. The van der Waals surface area contributed by atoms with E-state index >= 15 is 0 Å². The Kier molecular flexibility index (Phi) is 3.82. The number of benzene rings is 1. The third-order valence-electron chi connectivity index (χ3n) is 3.68. The molecule has 2 N–H and O–H groups in total. The summed E-state index contributed by atoms with van der Waals surface area (Å²) >= 11 is 3.59. The van der Waals surface area contributed by atoms with Crippen LogP contribution in [0.15, 0.2) is 35.1 Å². The molecule has 0 fully saturated rings. The van der Waals surface area contributed by atoms with Gasteiger partial charge < -0.3 is 10.3 Å². The van der Waals surface area contributed by atoms with Gasteiger partial charge in [-0.25, -0.2) is 4.98 Å². The molecule has 1 aromatic carbocycles. The van der Waals surface area contributed by atoms with Crippen LogP contribution in [0, 0.1) is 6.92 Å². The molecular weight excluding hydrogens is 330 g/mol. The maximum absolute atomic E-state index is 6.32. The molecule has 0 bridgehead atoms. The molecule has 2 heterocycles. The van der Waals surface area contributed by atoms with E-state index in [-0.39, 0.29) is 6.04 Å². The Balaban J connectivity index is 1.79. The smallest absolute Gasteiger partial charge is 0.0958 e. The molecule has 2 aromatic heterocycles. The Labute approximate surface area is 131 Å².